The van der Waals surface area contributed by atoms with Crippen LogP contribution in [0.5, 0.6) is 0 Å². The molecule has 3 aromatic rings. The number of hydrogen-bond acceptors (Lipinski definition) is 2. The van der Waals surface area contributed by atoms with E-state index in [4.69, 9.17) is 11.6 Å². The van der Waals surface area contributed by atoms with Gasteiger partial charge in [-0.1, -0.05) is 11.6 Å². The second kappa shape index (κ2) is 5.74. The molecule has 3 nitrogen and oxygen atoms in total. The SMILES string of the molecule is O=C(c1ccc(F)c(F)c1F)N1CCc2cc3cc(Cl)ccc3nc21. The number of amides is 1. The average Bonchev–Trinajstić information content (AvgIpc) is 3.00. The zero-order valence-corrected chi connectivity index (χ0v) is 13.4. The average molecular weight is 363 g/mol. The quantitative estimate of drug-likeness (QED) is 0.597. The summed E-state index contributed by atoms with van der Waals surface area (Å²) in [6.45, 7) is 0.281. The van der Waals surface area contributed by atoms with Crippen molar-refractivity contribution in [2.24, 2.45) is 0 Å². The van der Waals surface area contributed by atoms with Crippen LogP contribution < -0.4 is 4.90 Å². The highest BCUT2D eigenvalue weighted by molar-refractivity contribution is 6.31. The van der Waals surface area contributed by atoms with E-state index in [1.54, 1.807) is 18.2 Å². The van der Waals surface area contributed by atoms with Crippen molar-refractivity contribution in [1.82, 2.24) is 4.98 Å². The van der Waals surface area contributed by atoms with Crippen molar-refractivity contribution in [1.29, 1.82) is 0 Å². The highest BCUT2D eigenvalue weighted by Gasteiger charge is 2.30. The van der Waals surface area contributed by atoms with Gasteiger partial charge in [-0.25, -0.2) is 18.2 Å². The molecule has 25 heavy (non-hydrogen) atoms. The topological polar surface area (TPSA) is 33.2 Å². The third-order valence-electron chi connectivity index (χ3n) is 4.20. The number of pyridine rings is 1. The van der Waals surface area contributed by atoms with Crippen molar-refractivity contribution in [2.45, 2.75) is 6.42 Å². The number of hydrogen-bond donors (Lipinski definition) is 0. The number of anilines is 1. The number of rotatable bonds is 1. The molecule has 0 fully saturated rings. The van der Waals surface area contributed by atoms with Gasteiger partial charge in [0.25, 0.3) is 5.91 Å². The first kappa shape index (κ1) is 15.9. The molecule has 0 spiro atoms. The molecule has 0 saturated carbocycles. The van der Waals surface area contributed by atoms with Gasteiger partial charge in [0.1, 0.15) is 5.82 Å². The van der Waals surface area contributed by atoms with Gasteiger partial charge >= 0.3 is 0 Å². The Morgan fingerprint density at radius 3 is 2.68 bits per heavy atom. The Hall–Kier alpha value is -2.60. The van der Waals surface area contributed by atoms with E-state index >= 15 is 0 Å². The number of carbonyl (C=O) groups excluding carboxylic acids is 1. The Morgan fingerprint density at radius 2 is 1.88 bits per heavy atom. The Balaban J connectivity index is 1.79. The normalized spacial score (nSPS) is 13.4. The van der Waals surface area contributed by atoms with E-state index in [-0.39, 0.29) is 6.54 Å². The molecular weight excluding hydrogens is 353 g/mol. The fraction of sp³-hybridized carbons (Fsp3) is 0.111. The van der Waals surface area contributed by atoms with Crippen molar-refractivity contribution in [3.05, 3.63) is 70.0 Å². The van der Waals surface area contributed by atoms with Crippen molar-refractivity contribution in [3.8, 4) is 0 Å². The highest BCUT2D eigenvalue weighted by atomic mass is 35.5. The first-order valence-corrected chi connectivity index (χ1v) is 7.88. The number of halogens is 4. The van der Waals surface area contributed by atoms with E-state index in [2.05, 4.69) is 4.98 Å². The minimum absolute atomic E-state index is 0.281. The van der Waals surface area contributed by atoms with Crippen LogP contribution in [-0.4, -0.2) is 17.4 Å². The molecule has 0 aliphatic carbocycles. The maximum absolute atomic E-state index is 13.9. The van der Waals surface area contributed by atoms with Crippen LogP contribution in [0.25, 0.3) is 10.9 Å². The van der Waals surface area contributed by atoms with Crippen LogP contribution in [0.1, 0.15) is 15.9 Å². The van der Waals surface area contributed by atoms with Gasteiger partial charge in [0.15, 0.2) is 17.5 Å². The van der Waals surface area contributed by atoms with Crippen LogP contribution >= 0.6 is 11.6 Å². The fourth-order valence-electron chi connectivity index (χ4n) is 2.97. The van der Waals surface area contributed by atoms with E-state index in [1.165, 1.54) is 4.90 Å². The molecule has 2 heterocycles. The summed E-state index contributed by atoms with van der Waals surface area (Å²) in [5, 5.41) is 1.41. The van der Waals surface area contributed by atoms with E-state index in [0.717, 1.165) is 23.1 Å². The Labute approximate surface area is 145 Å². The molecule has 0 unspecified atom stereocenters. The summed E-state index contributed by atoms with van der Waals surface area (Å²) in [6.07, 6.45) is 0.530. The number of fused-ring (bicyclic) bond motifs is 2. The number of aromatic nitrogens is 1. The molecule has 1 aliphatic heterocycles. The molecule has 1 aliphatic rings. The maximum atomic E-state index is 13.9. The second-order valence-corrected chi connectivity index (χ2v) is 6.17. The van der Waals surface area contributed by atoms with E-state index in [9.17, 15) is 18.0 Å². The molecule has 0 bridgehead atoms. The van der Waals surface area contributed by atoms with Crippen LogP contribution in [0.2, 0.25) is 5.02 Å². The number of carbonyl (C=O) groups is 1. The van der Waals surface area contributed by atoms with E-state index in [0.29, 0.717) is 22.8 Å². The molecule has 0 saturated heterocycles. The summed E-state index contributed by atoms with van der Waals surface area (Å²) in [5.74, 6) is -4.85. The van der Waals surface area contributed by atoms with Crippen molar-refractivity contribution >= 4 is 34.2 Å². The molecule has 7 heteroatoms. The van der Waals surface area contributed by atoms with Gasteiger partial charge in [-0.3, -0.25) is 9.69 Å². The lowest BCUT2D eigenvalue weighted by Gasteiger charge is -2.17. The molecule has 0 radical (unpaired) electrons. The van der Waals surface area contributed by atoms with Crippen molar-refractivity contribution < 1.29 is 18.0 Å². The first-order chi connectivity index (χ1) is 12.0. The lowest BCUT2D eigenvalue weighted by atomic mass is 10.1. The summed E-state index contributed by atoms with van der Waals surface area (Å²) in [6, 6.07) is 8.71. The van der Waals surface area contributed by atoms with Gasteiger partial charge < -0.3 is 0 Å². The molecule has 4 rings (SSSR count). The van der Waals surface area contributed by atoms with E-state index < -0.39 is 28.9 Å². The van der Waals surface area contributed by atoms with Gasteiger partial charge in [0, 0.05) is 17.0 Å². The van der Waals surface area contributed by atoms with Crippen LogP contribution in [0.4, 0.5) is 19.0 Å². The minimum Gasteiger partial charge on any atom is -0.292 e. The predicted octanol–water partition coefficient (Wildman–Crippen LogP) is 4.51. The van der Waals surface area contributed by atoms with Gasteiger partial charge in [0.05, 0.1) is 11.1 Å². The zero-order valence-electron chi connectivity index (χ0n) is 12.7. The number of nitrogens with zero attached hydrogens (tertiary/aromatic N) is 2. The molecule has 126 valence electrons. The summed E-state index contributed by atoms with van der Waals surface area (Å²) in [5.41, 5.74) is 0.921. The monoisotopic (exact) mass is 362 g/mol. The summed E-state index contributed by atoms with van der Waals surface area (Å²) in [7, 11) is 0. The minimum atomic E-state index is -1.66. The fourth-order valence-corrected chi connectivity index (χ4v) is 3.15. The van der Waals surface area contributed by atoms with Gasteiger partial charge in [-0.15, -0.1) is 0 Å². The first-order valence-electron chi connectivity index (χ1n) is 7.50. The van der Waals surface area contributed by atoms with Crippen molar-refractivity contribution in [2.75, 3.05) is 11.4 Å². The molecule has 0 atom stereocenters. The lowest BCUT2D eigenvalue weighted by molar-refractivity contribution is 0.0983. The van der Waals surface area contributed by atoms with E-state index in [1.807, 2.05) is 6.07 Å². The smallest absolute Gasteiger partial charge is 0.262 e. The maximum Gasteiger partial charge on any atom is 0.262 e. The standard InChI is InChI=1S/C18H10ClF3N2O/c19-11-1-4-14-10(8-11)7-9-5-6-24(17(9)23-14)18(25)12-2-3-13(20)16(22)15(12)21/h1-4,7-8H,5-6H2. The summed E-state index contributed by atoms with van der Waals surface area (Å²) in [4.78, 5) is 18.3. The third kappa shape index (κ3) is 2.53. The molecular formula is C18H10ClF3N2O. The highest BCUT2D eigenvalue weighted by Crippen LogP contribution is 2.32. The Morgan fingerprint density at radius 1 is 1.08 bits per heavy atom. The van der Waals surface area contributed by atoms with Gasteiger partial charge in [0.2, 0.25) is 0 Å². The lowest BCUT2D eigenvalue weighted by Crippen LogP contribution is -2.30. The zero-order chi connectivity index (χ0) is 17.7. The number of benzene rings is 2. The van der Waals surface area contributed by atoms with Crippen LogP contribution in [0, 0.1) is 17.5 Å². The molecule has 2 aromatic carbocycles. The predicted molar refractivity (Wildman–Crippen MR) is 88.4 cm³/mol. The Bertz CT molecular complexity index is 1040. The third-order valence-corrected chi connectivity index (χ3v) is 4.44. The van der Waals surface area contributed by atoms with Crippen LogP contribution in [0.15, 0.2) is 36.4 Å². The Kier molecular flexibility index (Phi) is 3.65. The van der Waals surface area contributed by atoms with Crippen LogP contribution in [-0.2, 0) is 6.42 Å². The molecule has 1 amide bonds. The second-order valence-electron chi connectivity index (χ2n) is 5.74. The van der Waals surface area contributed by atoms with Gasteiger partial charge in [-0.2, -0.15) is 0 Å². The summed E-state index contributed by atoms with van der Waals surface area (Å²) >= 11 is 5.97. The molecule has 0 N–H and O–H groups in total. The largest absolute Gasteiger partial charge is 0.292 e. The van der Waals surface area contributed by atoms with Crippen molar-refractivity contribution in [3.63, 3.8) is 0 Å². The summed E-state index contributed by atoms with van der Waals surface area (Å²) < 4.78 is 40.5. The van der Waals surface area contributed by atoms with Gasteiger partial charge in [-0.05, 0) is 48.4 Å². The van der Waals surface area contributed by atoms with Crippen LogP contribution in [0.3, 0.4) is 0 Å². The molecule has 1 aromatic heterocycles.